The quantitative estimate of drug-likeness (QED) is 0.274. The summed E-state index contributed by atoms with van der Waals surface area (Å²) in [6, 6.07) is 10.6. The second kappa shape index (κ2) is 10.4. The molecule has 1 aliphatic rings. The van der Waals surface area contributed by atoms with E-state index in [1.165, 1.54) is 6.92 Å². The molecule has 4 atom stereocenters. The summed E-state index contributed by atoms with van der Waals surface area (Å²) in [5.74, 6) is 0.301. The van der Waals surface area contributed by atoms with E-state index in [0.717, 1.165) is 5.56 Å². The Morgan fingerprint density at radius 3 is 2.25 bits per heavy atom. The van der Waals surface area contributed by atoms with Crippen molar-refractivity contribution in [1.82, 2.24) is 15.2 Å². The normalized spacial score (nSPS) is 21.9. The van der Waals surface area contributed by atoms with Crippen LogP contribution in [0.25, 0.3) is 0 Å². The summed E-state index contributed by atoms with van der Waals surface area (Å²) in [5.41, 5.74) is -2.27. The predicted molar refractivity (Wildman–Crippen MR) is 118 cm³/mol. The molecular formula is C24H22ClF6N3O2. The average Bonchev–Trinajstić information content (AvgIpc) is 3.32. The van der Waals surface area contributed by atoms with Gasteiger partial charge >= 0.3 is 12.4 Å². The molecule has 1 N–H and O–H groups in total. The van der Waals surface area contributed by atoms with Gasteiger partial charge in [-0.05, 0) is 42.7 Å². The molecule has 1 aliphatic heterocycles. The molecule has 1 fully saturated rings. The molecule has 4 rings (SSSR count). The Labute approximate surface area is 207 Å². The lowest BCUT2D eigenvalue weighted by Crippen LogP contribution is -2.36. The Hall–Kier alpha value is -2.63. The van der Waals surface area contributed by atoms with Gasteiger partial charge in [-0.2, -0.15) is 31.4 Å². The minimum atomic E-state index is -4.96. The molecule has 5 nitrogen and oxygen atoms in total. The van der Waals surface area contributed by atoms with Gasteiger partial charge in [0.2, 0.25) is 0 Å². The lowest BCUT2D eigenvalue weighted by atomic mass is 9.81. The second-order valence-electron chi connectivity index (χ2n) is 8.46. The molecule has 0 amide bonds. The van der Waals surface area contributed by atoms with Gasteiger partial charge in [-0.25, -0.2) is 4.98 Å². The second-order valence-corrected chi connectivity index (χ2v) is 8.73. The molecule has 0 aliphatic carbocycles. The number of ether oxygens (including phenoxy) is 2. The van der Waals surface area contributed by atoms with Crippen LogP contribution in [-0.2, 0) is 27.7 Å². The van der Waals surface area contributed by atoms with Gasteiger partial charge in [0.15, 0.2) is 12.1 Å². The molecule has 36 heavy (non-hydrogen) atoms. The average molecular weight is 534 g/mol. The van der Waals surface area contributed by atoms with Crippen LogP contribution in [0.4, 0.5) is 26.3 Å². The lowest BCUT2D eigenvalue weighted by molar-refractivity contribution is -0.202. The molecule has 0 spiro atoms. The van der Waals surface area contributed by atoms with Crippen LogP contribution in [0, 0.1) is 0 Å². The molecular weight excluding hydrogens is 512 g/mol. The van der Waals surface area contributed by atoms with E-state index >= 15 is 0 Å². The Balaban J connectivity index is 1.68. The largest absolute Gasteiger partial charge is 0.416 e. The summed E-state index contributed by atoms with van der Waals surface area (Å²) in [6.07, 6.45) is -11.5. The van der Waals surface area contributed by atoms with Crippen LogP contribution in [0.2, 0.25) is 0 Å². The number of hydrogen-bond acceptors (Lipinski definition) is 4. The predicted octanol–water partition coefficient (Wildman–Crippen LogP) is 6.97. The smallest absolute Gasteiger partial charge is 0.352 e. The summed E-state index contributed by atoms with van der Waals surface area (Å²) < 4.78 is 92.0. The monoisotopic (exact) mass is 533 g/mol. The number of nitrogens with one attached hydrogen (secondary N) is 1. The molecule has 0 saturated carbocycles. The molecule has 2 unspecified atom stereocenters. The minimum Gasteiger partial charge on any atom is -0.352 e. The van der Waals surface area contributed by atoms with Crippen LogP contribution < -0.4 is 0 Å². The van der Waals surface area contributed by atoms with Gasteiger partial charge in [-0.3, -0.25) is 5.10 Å². The maximum atomic E-state index is 13.4. The van der Waals surface area contributed by atoms with E-state index in [4.69, 9.17) is 21.1 Å². The first-order valence-electron chi connectivity index (χ1n) is 11.1. The fourth-order valence-electron chi connectivity index (χ4n) is 4.29. The third-order valence-corrected chi connectivity index (χ3v) is 6.30. The van der Waals surface area contributed by atoms with Crippen molar-refractivity contribution in [1.29, 1.82) is 0 Å². The summed E-state index contributed by atoms with van der Waals surface area (Å²) in [6.45, 7) is 1.62. The summed E-state index contributed by atoms with van der Waals surface area (Å²) in [5, 5.41) is 7.01. The molecule has 0 bridgehead atoms. The lowest BCUT2D eigenvalue weighted by Gasteiger charge is -2.38. The van der Waals surface area contributed by atoms with Crippen molar-refractivity contribution in [3.8, 4) is 0 Å². The van der Waals surface area contributed by atoms with Crippen molar-refractivity contribution in [3.63, 3.8) is 0 Å². The third-order valence-electron chi connectivity index (χ3n) is 6.05. The van der Waals surface area contributed by atoms with Gasteiger partial charge in [0, 0.05) is 11.8 Å². The Morgan fingerprint density at radius 2 is 1.69 bits per heavy atom. The zero-order valence-electron chi connectivity index (χ0n) is 18.9. The number of aromatic nitrogens is 3. The first-order chi connectivity index (χ1) is 17.0. The van der Waals surface area contributed by atoms with Crippen molar-refractivity contribution < 1.29 is 35.8 Å². The van der Waals surface area contributed by atoms with Crippen molar-refractivity contribution >= 4 is 11.6 Å². The highest BCUT2D eigenvalue weighted by Gasteiger charge is 2.41. The van der Waals surface area contributed by atoms with Crippen molar-refractivity contribution in [2.45, 2.75) is 55.8 Å². The first kappa shape index (κ1) is 26.4. The van der Waals surface area contributed by atoms with Crippen LogP contribution in [0.1, 0.15) is 65.2 Å². The number of alkyl halides is 7. The van der Waals surface area contributed by atoms with Gasteiger partial charge in [0.05, 0.1) is 29.7 Å². The first-order valence-corrected chi connectivity index (χ1v) is 11.6. The van der Waals surface area contributed by atoms with Crippen molar-refractivity contribution in [2.75, 3.05) is 6.61 Å². The van der Waals surface area contributed by atoms with Gasteiger partial charge in [0.1, 0.15) is 5.82 Å². The zero-order valence-corrected chi connectivity index (χ0v) is 19.7. The topological polar surface area (TPSA) is 60.0 Å². The van der Waals surface area contributed by atoms with E-state index in [1.54, 1.807) is 0 Å². The molecule has 2 aromatic carbocycles. The Morgan fingerprint density at radius 1 is 1.06 bits per heavy atom. The van der Waals surface area contributed by atoms with E-state index in [1.807, 2.05) is 30.3 Å². The molecule has 3 aromatic rings. The molecule has 0 radical (unpaired) electrons. The molecule has 2 heterocycles. The van der Waals surface area contributed by atoms with Crippen LogP contribution >= 0.6 is 11.6 Å². The highest BCUT2D eigenvalue weighted by atomic mass is 35.5. The summed E-state index contributed by atoms with van der Waals surface area (Å²) in [7, 11) is 0. The van der Waals surface area contributed by atoms with Crippen LogP contribution in [-0.4, -0.2) is 28.1 Å². The van der Waals surface area contributed by atoms with E-state index in [-0.39, 0.29) is 30.0 Å². The number of nitrogens with zero attached hydrogens (tertiary/aromatic N) is 2. The van der Waals surface area contributed by atoms with Gasteiger partial charge < -0.3 is 9.47 Å². The van der Waals surface area contributed by atoms with Crippen LogP contribution in [0.5, 0.6) is 0 Å². The molecule has 12 heteroatoms. The minimum absolute atomic E-state index is 0.0911. The van der Waals surface area contributed by atoms with Gasteiger partial charge in [-0.1, -0.05) is 30.3 Å². The van der Waals surface area contributed by atoms with Gasteiger partial charge in [0.25, 0.3) is 0 Å². The number of H-pyrrole nitrogens is 1. The number of halogens is 7. The number of benzene rings is 2. The highest BCUT2D eigenvalue weighted by Crippen LogP contribution is 2.44. The maximum Gasteiger partial charge on any atom is 0.416 e. The number of aromatic amines is 1. The molecule has 1 aromatic heterocycles. The highest BCUT2D eigenvalue weighted by molar-refractivity contribution is 6.16. The molecule has 194 valence electrons. The fraction of sp³-hybridized carbons (Fsp3) is 0.417. The summed E-state index contributed by atoms with van der Waals surface area (Å²) in [4.78, 5) is 4.42. The van der Waals surface area contributed by atoms with Gasteiger partial charge in [-0.15, -0.1) is 11.6 Å². The zero-order chi connectivity index (χ0) is 26.1. The van der Waals surface area contributed by atoms with E-state index in [9.17, 15) is 26.3 Å². The third kappa shape index (κ3) is 5.84. The number of hydrogen-bond donors (Lipinski definition) is 1. The fourth-order valence-corrected chi connectivity index (χ4v) is 4.41. The number of rotatable bonds is 6. The SMILES string of the molecule is CC(OC1OCC[C@@H](c2n[nH]c(CCl)n2)[C@@H]1c1ccccc1)c1cc(C(F)(F)F)cc(C(F)(F)F)c1. The maximum absolute atomic E-state index is 13.4. The van der Waals surface area contributed by atoms with Crippen molar-refractivity contribution in [2.24, 2.45) is 0 Å². The van der Waals surface area contributed by atoms with Crippen LogP contribution in [0.3, 0.4) is 0 Å². The van der Waals surface area contributed by atoms with E-state index in [0.29, 0.717) is 30.2 Å². The summed E-state index contributed by atoms with van der Waals surface area (Å²) >= 11 is 5.84. The van der Waals surface area contributed by atoms with E-state index < -0.39 is 41.8 Å². The molecule has 1 saturated heterocycles. The van der Waals surface area contributed by atoms with E-state index in [2.05, 4.69) is 15.2 Å². The van der Waals surface area contributed by atoms with Crippen molar-refractivity contribution in [3.05, 3.63) is 82.4 Å². The Kier molecular flexibility index (Phi) is 7.63. The Bertz CT molecular complexity index is 1140. The van der Waals surface area contributed by atoms with Crippen LogP contribution in [0.15, 0.2) is 48.5 Å². The standard InChI is InChI=1S/C24H22ClF6N3O2/c1-13(15-9-16(23(26,27)28)11-17(10-15)24(29,30)31)36-22-20(14-5-3-2-4-6-14)18(7-8-35-22)21-32-19(12-25)33-34-21/h2-6,9-11,13,18,20,22H,7-8,12H2,1H3,(H,32,33,34)/t13?,18-,20+,22?/m1/s1.